The summed E-state index contributed by atoms with van der Waals surface area (Å²) in [5.41, 5.74) is 5.84. The Balaban J connectivity index is 2.60. The van der Waals surface area contributed by atoms with Gasteiger partial charge in [-0.2, -0.15) is 13.2 Å². The molecule has 2 rings (SSSR count). The van der Waals surface area contributed by atoms with Gasteiger partial charge in [0.15, 0.2) is 0 Å². The van der Waals surface area contributed by atoms with Gasteiger partial charge >= 0.3 is 6.18 Å². The zero-order valence-corrected chi connectivity index (χ0v) is 8.62. The van der Waals surface area contributed by atoms with E-state index in [4.69, 9.17) is 5.73 Å². The second kappa shape index (κ2) is 3.52. The van der Waals surface area contributed by atoms with Gasteiger partial charge in [-0.15, -0.1) is 0 Å². The smallest absolute Gasteiger partial charge is 0.361 e. The Morgan fingerprint density at radius 2 is 2.00 bits per heavy atom. The van der Waals surface area contributed by atoms with Crippen molar-refractivity contribution in [2.24, 2.45) is 5.73 Å². The lowest BCUT2D eigenvalue weighted by atomic mass is 9.96. The molecule has 0 fully saturated rings. The topological polar surface area (TPSA) is 29.3 Å². The summed E-state index contributed by atoms with van der Waals surface area (Å²) in [5.74, 6) is 0. The van der Waals surface area contributed by atoms with Gasteiger partial charge in [-0.25, -0.2) is 0 Å². The van der Waals surface area contributed by atoms with Crippen LogP contribution in [0, 0.1) is 0 Å². The molecule has 0 saturated carbocycles. The van der Waals surface area contributed by atoms with E-state index in [2.05, 4.69) is 0 Å². The summed E-state index contributed by atoms with van der Waals surface area (Å²) in [4.78, 5) is 1.67. The molecule has 1 aliphatic rings. The molecule has 1 aromatic carbocycles. The third-order valence-corrected chi connectivity index (χ3v) is 2.68. The zero-order valence-electron chi connectivity index (χ0n) is 8.62. The second-order valence-electron chi connectivity index (χ2n) is 3.73. The van der Waals surface area contributed by atoms with Crippen molar-refractivity contribution >= 4 is 6.08 Å². The van der Waals surface area contributed by atoms with Crippen LogP contribution in [-0.4, -0.2) is 11.9 Å². The molecule has 5 heteroatoms. The first-order chi connectivity index (χ1) is 7.41. The lowest BCUT2D eigenvalue weighted by Gasteiger charge is -2.29. The molecule has 1 atom stereocenters. The van der Waals surface area contributed by atoms with Crippen molar-refractivity contribution < 1.29 is 13.2 Å². The predicted octanol–water partition coefficient (Wildman–Crippen LogP) is 2.58. The zero-order chi connectivity index (χ0) is 11.9. The SMILES string of the molecule is CN1C=Cc2c(cccc2C(F)(F)F)C1N. The molecular weight excluding hydrogens is 217 g/mol. The fraction of sp³-hybridized carbons (Fsp3) is 0.273. The van der Waals surface area contributed by atoms with Gasteiger partial charge in [-0.1, -0.05) is 12.1 Å². The Hall–Kier alpha value is -1.49. The molecule has 16 heavy (non-hydrogen) atoms. The average Bonchev–Trinajstić information content (AvgIpc) is 2.21. The number of benzene rings is 1. The lowest BCUT2D eigenvalue weighted by molar-refractivity contribution is -0.137. The maximum atomic E-state index is 12.7. The molecule has 1 aliphatic heterocycles. The van der Waals surface area contributed by atoms with Crippen LogP contribution >= 0.6 is 0 Å². The molecule has 0 aromatic heterocycles. The average molecular weight is 228 g/mol. The molecule has 2 N–H and O–H groups in total. The maximum Gasteiger partial charge on any atom is 0.416 e. The van der Waals surface area contributed by atoms with Crippen molar-refractivity contribution in [3.05, 3.63) is 41.1 Å². The summed E-state index contributed by atoms with van der Waals surface area (Å²) in [6.07, 6.45) is -1.86. The van der Waals surface area contributed by atoms with Gasteiger partial charge in [0.05, 0.1) is 5.56 Å². The molecule has 1 aromatic rings. The Bertz CT molecular complexity index is 437. The van der Waals surface area contributed by atoms with Crippen molar-refractivity contribution in [3.63, 3.8) is 0 Å². The first-order valence-electron chi connectivity index (χ1n) is 4.77. The summed E-state index contributed by atoms with van der Waals surface area (Å²) in [7, 11) is 1.73. The van der Waals surface area contributed by atoms with E-state index in [0.717, 1.165) is 6.07 Å². The molecule has 0 bridgehead atoms. The van der Waals surface area contributed by atoms with E-state index in [1.165, 1.54) is 12.1 Å². The van der Waals surface area contributed by atoms with Gasteiger partial charge in [-0.05, 0) is 23.3 Å². The van der Waals surface area contributed by atoms with Crippen molar-refractivity contribution in [1.82, 2.24) is 4.90 Å². The largest absolute Gasteiger partial charge is 0.416 e. The van der Waals surface area contributed by atoms with E-state index in [1.54, 1.807) is 24.2 Å². The number of nitrogens with two attached hydrogens (primary N) is 1. The molecule has 86 valence electrons. The summed E-state index contributed by atoms with van der Waals surface area (Å²) >= 11 is 0. The van der Waals surface area contributed by atoms with Crippen molar-refractivity contribution in [3.8, 4) is 0 Å². The molecule has 0 aliphatic carbocycles. The Labute approximate surface area is 91.2 Å². The van der Waals surface area contributed by atoms with E-state index in [1.807, 2.05) is 0 Å². The fourth-order valence-electron chi connectivity index (χ4n) is 1.78. The van der Waals surface area contributed by atoms with E-state index < -0.39 is 17.9 Å². The summed E-state index contributed by atoms with van der Waals surface area (Å²) in [6, 6.07) is 4.07. The minimum absolute atomic E-state index is 0.167. The highest BCUT2D eigenvalue weighted by Crippen LogP contribution is 2.37. The van der Waals surface area contributed by atoms with Crippen LogP contribution in [0.25, 0.3) is 6.08 Å². The number of hydrogen-bond acceptors (Lipinski definition) is 2. The molecule has 0 amide bonds. The maximum absolute atomic E-state index is 12.7. The third kappa shape index (κ3) is 1.67. The second-order valence-corrected chi connectivity index (χ2v) is 3.73. The lowest BCUT2D eigenvalue weighted by Crippen LogP contribution is -2.30. The van der Waals surface area contributed by atoms with Gasteiger partial charge in [-0.3, -0.25) is 0 Å². The van der Waals surface area contributed by atoms with Gasteiger partial charge in [0, 0.05) is 13.2 Å². The number of fused-ring (bicyclic) bond motifs is 1. The molecule has 1 unspecified atom stereocenters. The minimum Gasteiger partial charge on any atom is -0.361 e. The summed E-state index contributed by atoms with van der Waals surface area (Å²) in [6.45, 7) is 0. The van der Waals surface area contributed by atoms with E-state index in [0.29, 0.717) is 5.56 Å². The number of halogens is 3. The quantitative estimate of drug-likeness (QED) is 0.739. The third-order valence-electron chi connectivity index (χ3n) is 2.68. The fourth-order valence-corrected chi connectivity index (χ4v) is 1.78. The Kier molecular flexibility index (Phi) is 2.42. The van der Waals surface area contributed by atoms with Crippen molar-refractivity contribution in [2.75, 3.05) is 7.05 Å². The first kappa shape index (κ1) is 11.0. The standard InChI is InChI=1S/C11H11F3N2/c1-16-6-5-7-8(10(16)15)3-2-4-9(7)11(12,13)14/h2-6,10H,15H2,1H3. The normalized spacial score (nSPS) is 19.8. The van der Waals surface area contributed by atoms with Crippen molar-refractivity contribution in [1.29, 1.82) is 0 Å². The van der Waals surface area contributed by atoms with Crippen LogP contribution in [0.3, 0.4) is 0 Å². The first-order valence-corrected chi connectivity index (χ1v) is 4.77. The molecule has 0 radical (unpaired) electrons. The van der Waals surface area contributed by atoms with Gasteiger partial charge in [0.25, 0.3) is 0 Å². The monoisotopic (exact) mass is 228 g/mol. The van der Waals surface area contributed by atoms with Crippen molar-refractivity contribution in [2.45, 2.75) is 12.3 Å². The van der Waals surface area contributed by atoms with Crippen LogP contribution in [0.5, 0.6) is 0 Å². The molecular formula is C11H11F3N2. The minimum atomic E-state index is -4.34. The highest BCUT2D eigenvalue weighted by Gasteiger charge is 2.35. The Morgan fingerprint density at radius 3 is 2.62 bits per heavy atom. The number of rotatable bonds is 0. The molecule has 0 saturated heterocycles. The summed E-state index contributed by atoms with van der Waals surface area (Å²) < 4.78 is 38.1. The Morgan fingerprint density at radius 1 is 1.31 bits per heavy atom. The molecule has 0 spiro atoms. The molecule has 2 nitrogen and oxygen atoms in total. The number of nitrogens with zero attached hydrogens (tertiary/aromatic N) is 1. The van der Waals surface area contributed by atoms with Crippen LogP contribution in [0.4, 0.5) is 13.2 Å². The molecule has 1 heterocycles. The van der Waals surface area contributed by atoms with Gasteiger partial charge in [0.2, 0.25) is 0 Å². The van der Waals surface area contributed by atoms with Crippen LogP contribution in [0.1, 0.15) is 22.9 Å². The van der Waals surface area contributed by atoms with Crippen LogP contribution in [0.2, 0.25) is 0 Å². The highest BCUT2D eigenvalue weighted by atomic mass is 19.4. The van der Waals surface area contributed by atoms with Crippen LogP contribution in [0.15, 0.2) is 24.4 Å². The van der Waals surface area contributed by atoms with E-state index in [-0.39, 0.29) is 5.56 Å². The highest BCUT2D eigenvalue weighted by molar-refractivity contribution is 5.61. The van der Waals surface area contributed by atoms with Gasteiger partial charge < -0.3 is 10.6 Å². The number of alkyl halides is 3. The van der Waals surface area contributed by atoms with Crippen LogP contribution < -0.4 is 5.73 Å². The van der Waals surface area contributed by atoms with E-state index >= 15 is 0 Å². The predicted molar refractivity (Wildman–Crippen MR) is 55.2 cm³/mol. The van der Waals surface area contributed by atoms with Gasteiger partial charge in [0.1, 0.15) is 6.17 Å². The summed E-state index contributed by atoms with van der Waals surface area (Å²) in [5, 5.41) is 0. The number of hydrogen-bond donors (Lipinski definition) is 1. The van der Waals surface area contributed by atoms with Crippen LogP contribution in [-0.2, 0) is 6.18 Å². The van der Waals surface area contributed by atoms with E-state index in [9.17, 15) is 13.2 Å².